The Kier molecular flexibility index (Phi) is 3.49. The molecule has 1 heterocycles. The van der Waals surface area contributed by atoms with E-state index in [-0.39, 0.29) is 18.4 Å². The maximum Gasteiger partial charge on any atom is 0.236 e. The summed E-state index contributed by atoms with van der Waals surface area (Å²) >= 11 is 0. The first-order valence-corrected chi connectivity index (χ1v) is 7.03. The zero-order valence-electron chi connectivity index (χ0n) is 11.4. The SMILES string of the molecule is CCC1(CC)CC(=O)N(C2(CO)CCCC2)C1=O. The van der Waals surface area contributed by atoms with E-state index < -0.39 is 11.0 Å². The average molecular weight is 253 g/mol. The number of nitrogens with zero attached hydrogens (tertiary/aromatic N) is 1. The quantitative estimate of drug-likeness (QED) is 0.778. The highest BCUT2D eigenvalue weighted by Crippen LogP contribution is 2.46. The van der Waals surface area contributed by atoms with Gasteiger partial charge in [-0.1, -0.05) is 26.7 Å². The Balaban J connectivity index is 2.34. The van der Waals surface area contributed by atoms with Gasteiger partial charge in [-0.2, -0.15) is 0 Å². The molecular weight excluding hydrogens is 230 g/mol. The second kappa shape index (κ2) is 4.65. The van der Waals surface area contributed by atoms with E-state index >= 15 is 0 Å². The van der Waals surface area contributed by atoms with E-state index in [9.17, 15) is 14.7 Å². The van der Waals surface area contributed by atoms with Gasteiger partial charge in [0.1, 0.15) is 0 Å². The van der Waals surface area contributed by atoms with E-state index in [0.717, 1.165) is 25.7 Å². The molecule has 0 unspecified atom stereocenters. The van der Waals surface area contributed by atoms with Gasteiger partial charge >= 0.3 is 0 Å². The summed E-state index contributed by atoms with van der Waals surface area (Å²) in [6.07, 6.45) is 5.21. The number of amides is 2. The minimum Gasteiger partial charge on any atom is -0.394 e. The molecule has 0 radical (unpaired) electrons. The van der Waals surface area contributed by atoms with Crippen LogP contribution in [0.5, 0.6) is 0 Å². The van der Waals surface area contributed by atoms with Crippen LogP contribution in [0, 0.1) is 5.41 Å². The molecule has 1 saturated carbocycles. The number of carbonyl (C=O) groups is 2. The first kappa shape index (κ1) is 13.5. The zero-order chi connectivity index (χ0) is 13.4. The minimum atomic E-state index is -0.597. The topological polar surface area (TPSA) is 57.6 Å². The van der Waals surface area contributed by atoms with Crippen LogP contribution in [0.3, 0.4) is 0 Å². The van der Waals surface area contributed by atoms with E-state index in [1.54, 1.807) is 0 Å². The Labute approximate surface area is 108 Å². The van der Waals surface area contributed by atoms with Crippen LogP contribution in [0.4, 0.5) is 0 Å². The minimum absolute atomic E-state index is 0.0477. The maximum absolute atomic E-state index is 12.6. The van der Waals surface area contributed by atoms with Gasteiger partial charge in [0, 0.05) is 6.42 Å². The smallest absolute Gasteiger partial charge is 0.236 e. The van der Waals surface area contributed by atoms with Crippen LogP contribution in [0.2, 0.25) is 0 Å². The van der Waals surface area contributed by atoms with Gasteiger partial charge in [0.2, 0.25) is 11.8 Å². The van der Waals surface area contributed by atoms with E-state index in [1.807, 2.05) is 13.8 Å². The number of carbonyl (C=O) groups excluding carboxylic acids is 2. The van der Waals surface area contributed by atoms with Crippen molar-refractivity contribution in [2.75, 3.05) is 6.61 Å². The molecule has 0 bridgehead atoms. The molecule has 102 valence electrons. The van der Waals surface area contributed by atoms with Crippen molar-refractivity contribution in [1.82, 2.24) is 4.90 Å². The second-order valence-electron chi connectivity index (χ2n) is 5.79. The van der Waals surface area contributed by atoms with Crippen LogP contribution >= 0.6 is 0 Å². The molecule has 0 atom stereocenters. The van der Waals surface area contributed by atoms with Gasteiger partial charge in [0.05, 0.1) is 17.6 Å². The Hall–Kier alpha value is -0.900. The summed E-state index contributed by atoms with van der Waals surface area (Å²) in [6, 6.07) is 0. The molecule has 18 heavy (non-hydrogen) atoms. The van der Waals surface area contributed by atoms with Gasteiger partial charge < -0.3 is 5.11 Å². The molecule has 0 aromatic rings. The number of hydrogen-bond acceptors (Lipinski definition) is 3. The number of rotatable bonds is 4. The van der Waals surface area contributed by atoms with Gasteiger partial charge in [-0.05, 0) is 25.7 Å². The summed E-state index contributed by atoms with van der Waals surface area (Å²) in [5.74, 6) is -0.131. The van der Waals surface area contributed by atoms with Crippen molar-refractivity contribution in [1.29, 1.82) is 0 Å². The lowest BCUT2D eigenvalue weighted by Crippen LogP contribution is -2.53. The molecule has 1 aliphatic heterocycles. The lowest BCUT2D eigenvalue weighted by Gasteiger charge is -2.37. The highest BCUT2D eigenvalue weighted by atomic mass is 16.3. The van der Waals surface area contributed by atoms with Crippen molar-refractivity contribution >= 4 is 11.8 Å². The summed E-state index contributed by atoms with van der Waals surface area (Å²) in [5.41, 5.74) is -1.11. The van der Waals surface area contributed by atoms with Gasteiger partial charge in [-0.3, -0.25) is 14.5 Å². The first-order valence-electron chi connectivity index (χ1n) is 7.03. The predicted octanol–water partition coefficient (Wildman–Crippen LogP) is 1.86. The molecule has 1 aliphatic carbocycles. The van der Waals surface area contributed by atoms with Crippen molar-refractivity contribution in [3.63, 3.8) is 0 Å². The zero-order valence-corrected chi connectivity index (χ0v) is 11.4. The number of aliphatic hydroxyl groups is 1. The standard InChI is InChI=1S/C14H23NO3/c1-3-13(4-2)9-11(17)15(12(13)18)14(10-16)7-5-6-8-14/h16H,3-10H2,1-2H3. The molecule has 1 N–H and O–H groups in total. The van der Waals surface area contributed by atoms with E-state index in [4.69, 9.17) is 0 Å². The molecule has 2 fully saturated rings. The van der Waals surface area contributed by atoms with Crippen LogP contribution < -0.4 is 0 Å². The maximum atomic E-state index is 12.6. The van der Waals surface area contributed by atoms with Crippen LogP contribution in [-0.2, 0) is 9.59 Å². The molecule has 2 rings (SSSR count). The predicted molar refractivity (Wildman–Crippen MR) is 67.8 cm³/mol. The van der Waals surface area contributed by atoms with Crippen molar-refractivity contribution in [2.24, 2.45) is 5.41 Å². The van der Waals surface area contributed by atoms with Crippen molar-refractivity contribution in [2.45, 2.75) is 64.3 Å². The van der Waals surface area contributed by atoms with Crippen molar-refractivity contribution in [3.05, 3.63) is 0 Å². The van der Waals surface area contributed by atoms with Crippen LogP contribution in [-0.4, -0.2) is 34.0 Å². The Morgan fingerprint density at radius 1 is 1.17 bits per heavy atom. The fourth-order valence-corrected chi connectivity index (χ4v) is 3.56. The number of hydrogen-bond donors (Lipinski definition) is 1. The highest BCUT2D eigenvalue weighted by Gasteiger charge is 2.56. The van der Waals surface area contributed by atoms with Gasteiger partial charge in [-0.25, -0.2) is 0 Å². The lowest BCUT2D eigenvalue weighted by molar-refractivity contribution is -0.150. The largest absolute Gasteiger partial charge is 0.394 e. The monoisotopic (exact) mass is 253 g/mol. The van der Waals surface area contributed by atoms with E-state index in [1.165, 1.54) is 4.90 Å². The Morgan fingerprint density at radius 2 is 1.72 bits per heavy atom. The first-order chi connectivity index (χ1) is 8.55. The van der Waals surface area contributed by atoms with Gasteiger partial charge in [-0.15, -0.1) is 0 Å². The van der Waals surface area contributed by atoms with Crippen LogP contribution in [0.25, 0.3) is 0 Å². The third kappa shape index (κ3) is 1.69. The van der Waals surface area contributed by atoms with Crippen molar-refractivity contribution < 1.29 is 14.7 Å². The normalized spacial score (nSPS) is 26.1. The number of imide groups is 1. The molecule has 0 spiro atoms. The highest BCUT2D eigenvalue weighted by molar-refractivity contribution is 6.06. The number of aliphatic hydroxyl groups excluding tert-OH is 1. The summed E-state index contributed by atoms with van der Waals surface area (Å²) in [4.78, 5) is 26.3. The summed E-state index contributed by atoms with van der Waals surface area (Å²) < 4.78 is 0. The molecule has 2 amide bonds. The third-order valence-corrected chi connectivity index (χ3v) is 5.05. The van der Waals surface area contributed by atoms with E-state index in [0.29, 0.717) is 19.3 Å². The molecule has 0 aromatic heterocycles. The average Bonchev–Trinajstić information content (AvgIpc) is 2.94. The van der Waals surface area contributed by atoms with Gasteiger partial charge in [0.25, 0.3) is 0 Å². The summed E-state index contributed by atoms with van der Waals surface area (Å²) in [7, 11) is 0. The summed E-state index contributed by atoms with van der Waals surface area (Å²) in [5, 5.41) is 9.68. The molecule has 4 nitrogen and oxygen atoms in total. The second-order valence-corrected chi connectivity index (χ2v) is 5.79. The molecule has 0 aromatic carbocycles. The lowest BCUT2D eigenvalue weighted by atomic mass is 9.80. The van der Waals surface area contributed by atoms with E-state index in [2.05, 4.69) is 0 Å². The molecule has 2 aliphatic rings. The fraction of sp³-hybridized carbons (Fsp3) is 0.857. The van der Waals surface area contributed by atoms with Crippen molar-refractivity contribution in [3.8, 4) is 0 Å². The third-order valence-electron chi connectivity index (χ3n) is 5.05. The molecule has 1 saturated heterocycles. The fourth-order valence-electron chi connectivity index (χ4n) is 3.56. The van der Waals surface area contributed by atoms with Crippen LogP contribution in [0.15, 0.2) is 0 Å². The molecular formula is C14H23NO3. The number of likely N-dealkylation sites (tertiary alicyclic amines) is 1. The Morgan fingerprint density at radius 3 is 2.11 bits per heavy atom. The van der Waals surface area contributed by atoms with Crippen LogP contribution in [0.1, 0.15) is 58.8 Å². The molecule has 4 heteroatoms. The Bertz CT molecular complexity index is 354. The van der Waals surface area contributed by atoms with Gasteiger partial charge in [0.15, 0.2) is 0 Å². The summed E-state index contributed by atoms with van der Waals surface area (Å²) in [6.45, 7) is 3.85.